The standard InChI is InChI=1S/C19H19Cl2N5O3/c1-10-15(20)12-5-8-26(17(27)16(12)22-10)11-3-6-25(7-4-11)14-9-13(18(28)29-2)23-19(21)24-14/h5,8-9,11,22H,3-4,6-7H2,1-2H3. The van der Waals surface area contributed by atoms with Gasteiger partial charge < -0.3 is 19.2 Å². The van der Waals surface area contributed by atoms with Crippen molar-refractivity contribution in [1.82, 2.24) is 19.5 Å². The maximum absolute atomic E-state index is 12.9. The Kier molecular flexibility index (Phi) is 5.23. The lowest BCUT2D eigenvalue weighted by atomic mass is 10.0. The number of nitrogens with zero attached hydrogens (tertiary/aromatic N) is 4. The first-order valence-electron chi connectivity index (χ1n) is 9.15. The zero-order valence-electron chi connectivity index (χ0n) is 15.9. The molecule has 3 aromatic rings. The zero-order valence-corrected chi connectivity index (χ0v) is 17.4. The normalized spacial score (nSPS) is 15.1. The largest absolute Gasteiger partial charge is 0.464 e. The highest BCUT2D eigenvalue weighted by Crippen LogP contribution is 2.28. The number of nitrogens with one attached hydrogen (secondary N) is 1. The van der Waals surface area contributed by atoms with Crippen molar-refractivity contribution in [2.24, 2.45) is 0 Å². The molecule has 10 heteroatoms. The maximum Gasteiger partial charge on any atom is 0.356 e. The smallest absolute Gasteiger partial charge is 0.356 e. The molecule has 29 heavy (non-hydrogen) atoms. The third kappa shape index (κ3) is 3.58. The summed E-state index contributed by atoms with van der Waals surface area (Å²) in [6, 6.07) is 3.50. The molecule has 0 aliphatic carbocycles. The van der Waals surface area contributed by atoms with Crippen LogP contribution in [0, 0.1) is 6.92 Å². The van der Waals surface area contributed by atoms with Crippen LogP contribution in [-0.4, -0.2) is 45.7 Å². The van der Waals surface area contributed by atoms with Gasteiger partial charge in [-0.1, -0.05) is 11.6 Å². The fraction of sp³-hybridized carbons (Fsp3) is 0.368. The summed E-state index contributed by atoms with van der Waals surface area (Å²) in [5, 5.41) is 1.32. The molecule has 1 aliphatic rings. The monoisotopic (exact) mass is 435 g/mol. The van der Waals surface area contributed by atoms with Crippen molar-refractivity contribution in [1.29, 1.82) is 0 Å². The van der Waals surface area contributed by atoms with Gasteiger partial charge in [-0.25, -0.2) is 14.8 Å². The second kappa shape index (κ2) is 7.68. The topological polar surface area (TPSA) is 93.1 Å². The minimum absolute atomic E-state index is 0.00862. The van der Waals surface area contributed by atoms with Crippen LogP contribution in [0.4, 0.5) is 5.82 Å². The number of methoxy groups -OCH3 is 1. The Hall–Kier alpha value is -2.58. The quantitative estimate of drug-likeness (QED) is 0.500. The van der Waals surface area contributed by atoms with Gasteiger partial charge in [0.05, 0.1) is 12.1 Å². The first-order valence-corrected chi connectivity index (χ1v) is 9.91. The third-order valence-corrected chi connectivity index (χ3v) is 5.92. The number of hydrogen-bond donors (Lipinski definition) is 1. The number of fused-ring (bicyclic) bond motifs is 1. The molecular formula is C19H19Cl2N5O3. The number of H-pyrrole nitrogens is 1. The van der Waals surface area contributed by atoms with Crippen molar-refractivity contribution >= 4 is 45.9 Å². The Balaban J connectivity index is 1.55. The molecule has 3 aromatic heterocycles. The number of aromatic amines is 1. The molecule has 1 N–H and O–H groups in total. The number of esters is 1. The summed E-state index contributed by atoms with van der Waals surface area (Å²) in [5.41, 5.74) is 1.36. The molecule has 152 valence electrons. The SMILES string of the molecule is COC(=O)c1cc(N2CCC(n3ccc4c(Cl)c(C)[nH]c4c3=O)CC2)nc(Cl)n1. The fourth-order valence-electron chi connectivity index (χ4n) is 3.74. The van der Waals surface area contributed by atoms with Crippen LogP contribution < -0.4 is 10.5 Å². The number of halogens is 2. The van der Waals surface area contributed by atoms with Crippen molar-refractivity contribution in [3.63, 3.8) is 0 Å². The molecule has 0 saturated carbocycles. The maximum atomic E-state index is 12.9. The number of carbonyl (C=O) groups is 1. The molecule has 0 amide bonds. The van der Waals surface area contributed by atoms with Gasteiger partial charge in [-0.3, -0.25) is 4.79 Å². The highest BCUT2D eigenvalue weighted by atomic mass is 35.5. The third-order valence-electron chi connectivity index (χ3n) is 5.26. The minimum atomic E-state index is -0.565. The lowest BCUT2D eigenvalue weighted by Gasteiger charge is -2.33. The Labute approximate surface area is 176 Å². The van der Waals surface area contributed by atoms with Gasteiger partial charge >= 0.3 is 5.97 Å². The van der Waals surface area contributed by atoms with E-state index in [2.05, 4.69) is 15.0 Å². The minimum Gasteiger partial charge on any atom is -0.464 e. The number of piperidine rings is 1. The van der Waals surface area contributed by atoms with Gasteiger partial charge in [0, 0.05) is 42.5 Å². The number of rotatable bonds is 3. The van der Waals surface area contributed by atoms with Gasteiger partial charge in [-0.2, -0.15) is 0 Å². The number of hydrogen-bond acceptors (Lipinski definition) is 6. The molecule has 0 atom stereocenters. The van der Waals surface area contributed by atoms with E-state index in [0.29, 0.717) is 29.4 Å². The predicted molar refractivity (Wildman–Crippen MR) is 111 cm³/mol. The van der Waals surface area contributed by atoms with Crippen LogP contribution in [0.5, 0.6) is 0 Å². The van der Waals surface area contributed by atoms with E-state index in [1.165, 1.54) is 7.11 Å². The lowest BCUT2D eigenvalue weighted by Crippen LogP contribution is -2.38. The summed E-state index contributed by atoms with van der Waals surface area (Å²) >= 11 is 12.2. The first-order chi connectivity index (χ1) is 13.9. The van der Waals surface area contributed by atoms with E-state index in [-0.39, 0.29) is 22.6 Å². The van der Waals surface area contributed by atoms with Gasteiger partial charge in [0.1, 0.15) is 11.3 Å². The number of ether oxygens (including phenoxy) is 1. The van der Waals surface area contributed by atoms with E-state index in [9.17, 15) is 9.59 Å². The summed E-state index contributed by atoms with van der Waals surface area (Å²) in [5.74, 6) is 0.00335. The fourth-order valence-corrected chi connectivity index (χ4v) is 4.12. The molecule has 4 heterocycles. The molecule has 0 aromatic carbocycles. The summed E-state index contributed by atoms with van der Waals surface area (Å²) in [7, 11) is 1.29. The average Bonchev–Trinajstić information content (AvgIpc) is 3.02. The summed E-state index contributed by atoms with van der Waals surface area (Å²) in [6.45, 7) is 3.17. The number of aryl methyl sites for hydroxylation is 1. The molecule has 0 spiro atoms. The van der Waals surface area contributed by atoms with Crippen LogP contribution in [0.15, 0.2) is 23.1 Å². The van der Waals surface area contributed by atoms with Crippen LogP contribution in [0.3, 0.4) is 0 Å². The highest BCUT2D eigenvalue weighted by molar-refractivity contribution is 6.36. The van der Waals surface area contributed by atoms with Gasteiger partial charge in [0.2, 0.25) is 5.28 Å². The second-order valence-electron chi connectivity index (χ2n) is 6.97. The number of aromatic nitrogens is 4. The number of carbonyl (C=O) groups excluding carboxylic acids is 1. The second-order valence-corrected chi connectivity index (χ2v) is 7.69. The number of anilines is 1. The predicted octanol–water partition coefficient (Wildman–Crippen LogP) is 3.36. The van der Waals surface area contributed by atoms with E-state index >= 15 is 0 Å². The van der Waals surface area contributed by atoms with E-state index < -0.39 is 5.97 Å². The Morgan fingerprint density at radius 3 is 2.69 bits per heavy atom. The molecular weight excluding hydrogens is 417 g/mol. The molecule has 1 saturated heterocycles. The van der Waals surface area contributed by atoms with E-state index in [1.54, 1.807) is 16.8 Å². The van der Waals surface area contributed by atoms with Gasteiger partial charge in [-0.05, 0) is 37.4 Å². The molecule has 1 aliphatic heterocycles. The Morgan fingerprint density at radius 2 is 2.00 bits per heavy atom. The van der Waals surface area contributed by atoms with Gasteiger partial charge in [0.15, 0.2) is 5.69 Å². The molecule has 4 rings (SSSR count). The Morgan fingerprint density at radius 1 is 1.28 bits per heavy atom. The van der Waals surface area contributed by atoms with Gasteiger partial charge in [-0.15, -0.1) is 0 Å². The van der Waals surface area contributed by atoms with Crippen LogP contribution in [0.1, 0.15) is 35.1 Å². The van der Waals surface area contributed by atoms with Crippen molar-refractivity contribution in [3.05, 3.63) is 50.4 Å². The summed E-state index contributed by atoms with van der Waals surface area (Å²) < 4.78 is 6.47. The first kappa shape index (κ1) is 19.7. The number of pyridine rings is 1. The van der Waals surface area contributed by atoms with Crippen LogP contribution in [0.25, 0.3) is 10.9 Å². The van der Waals surface area contributed by atoms with Crippen molar-refractivity contribution < 1.29 is 9.53 Å². The highest BCUT2D eigenvalue weighted by Gasteiger charge is 2.24. The molecule has 8 nitrogen and oxygen atoms in total. The zero-order chi connectivity index (χ0) is 20.7. The van der Waals surface area contributed by atoms with Crippen molar-refractivity contribution in [2.45, 2.75) is 25.8 Å². The summed E-state index contributed by atoms with van der Waals surface area (Å²) in [6.07, 6.45) is 3.29. The van der Waals surface area contributed by atoms with Gasteiger partial charge in [0.25, 0.3) is 5.56 Å². The van der Waals surface area contributed by atoms with Crippen molar-refractivity contribution in [2.75, 3.05) is 25.1 Å². The van der Waals surface area contributed by atoms with E-state index in [1.807, 2.05) is 17.9 Å². The van der Waals surface area contributed by atoms with E-state index in [0.717, 1.165) is 23.9 Å². The molecule has 0 bridgehead atoms. The van der Waals surface area contributed by atoms with E-state index in [4.69, 9.17) is 27.9 Å². The molecule has 0 radical (unpaired) electrons. The molecule has 0 unspecified atom stereocenters. The lowest BCUT2D eigenvalue weighted by molar-refractivity contribution is 0.0594. The van der Waals surface area contributed by atoms with Crippen LogP contribution >= 0.6 is 23.2 Å². The van der Waals surface area contributed by atoms with Crippen LogP contribution in [-0.2, 0) is 4.74 Å². The average molecular weight is 436 g/mol. The van der Waals surface area contributed by atoms with Crippen LogP contribution in [0.2, 0.25) is 10.3 Å². The van der Waals surface area contributed by atoms with Crippen molar-refractivity contribution in [3.8, 4) is 0 Å². The summed E-state index contributed by atoms with van der Waals surface area (Å²) in [4.78, 5) is 37.9. The Bertz CT molecular complexity index is 1150. The molecule has 1 fully saturated rings.